The molecular weight excluding hydrogens is 600 g/mol. The minimum absolute atomic E-state index is 0. The summed E-state index contributed by atoms with van der Waals surface area (Å²) in [6.45, 7) is 0. The monoisotopic (exact) mass is 626 g/mol. The van der Waals surface area contributed by atoms with Crippen molar-refractivity contribution >= 4 is 54.2 Å². The summed E-state index contributed by atoms with van der Waals surface area (Å²) < 4.78 is 51.7. The molecule has 4 aromatic heterocycles. The van der Waals surface area contributed by atoms with E-state index in [2.05, 4.69) is 19.9 Å². The molecule has 0 fully saturated rings. The second-order valence-corrected chi connectivity index (χ2v) is 9.87. The Balaban J connectivity index is -0.000000507. The van der Waals surface area contributed by atoms with Gasteiger partial charge in [0, 0.05) is 24.8 Å². The van der Waals surface area contributed by atoms with E-state index >= 15 is 0 Å². The standard InChI is InChI=1S/2C9H6N2O3.2CH4O3S.3H2O/c2*12-7-5-2-1-3-10-8(5)11-4-6(7)9(13)14;2*1-5(2,3)4;;;/h2*1-4H,(H,13,14)(H,10,11,12);2*1H3,(H,2,3,4);3*1H2. The average Bonchev–Trinajstić information content (AvgIpc) is 2.78. The van der Waals surface area contributed by atoms with Crippen LogP contribution in [0.3, 0.4) is 0 Å². The van der Waals surface area contributed by atoms with Gasteiger partial charge in [-0.3, -0.25) is 18.7 Å². The van der Waals surface area contributed by atoms with Gasteiger partial charge in [0.1, 0.15) is 22.4 Å². The predicted octanol–water partition coefficient (Wildman–Crippen LogP) is -2.22. The van der Waals surface area contributed by atoms with Gasteiger partial charge in [-0.15, -0.1) is 0 Å². The summed E-state index contributed by atoms with van der Waals surface area (Å²) in [6, 6.07) is 6.24. The van der Waals surface area contributed by atoms with Crippen LogP contribution >= 0.6 is 0 Å². The Morgan fingerprint density at radius 2 is 0.951 bits per heavy atom. The van der Waals surface area contributed by atoms with E-state index in [0.717, 1.165) is 12.4 Å². The smallest absolute Gasteiger partial charge is 0.341 e. The Morgan fingerprint density at radius 1 is 0.683 bits per heavy atom. The molecule has 228 valence electrons. The molecule has 0 radical (unpaired) electrons. The van der Waals surface area contributed by atoms with Crippen LogP contribution in [-0.2, 0) is 20.2 Å². The quantitative estimate of drug-likeness (QED) is 0.128. The second-order valence-electron chi connectivity index (χ2n) is 6.94. The number of rotatable bonds is 2. The lowest BCUT2D eigenvalue weighted by atomic mass is 10.2. The molecule has 12 N–H and O–H groups in total. The van der Waals surface area contributed by atoms with E-state index in [0.29, 0.717) is 23.8 Å². The van der Waals surface area contributed by atoms with Crippen LogP contribution < -0.4 is 10.9 Å². The predicted molar refractivity (Wildman–Crippen MR) is 144 cm³/mol. The molecule has 0 saturated heterocycles. The first-order valence-electron chi connectivity index (χ1n) is 9.64. The number of aromatic nitrogens is 4. The number of H-pyrrole nitrogens is 2. The Kier molecular flexibility index (Phi) is 17.1. The van der Waals surface area contributed by atoms with Gasteiger partial charge >= 0.3 is 11.9 Å². The number of hydrogen-bond donors (Lipinski definition) is 6. The van der Waals surface area contributed by atoms with E-state index < -0.39 is 43.0 Å². The van der Waals surface area contributed by atoms with Crippen LogP contribution in [0.25, 0.3) is 22.1 Å². The summed E-state index contributed by atoms with van der Waals surface area (Å²) in [6.07, 6.45) is 6.79. The summed E-state index contributed by atoms with van der Waals surface area (Å²) in [7, 11) is -7.33. The van der Waals surface area contributed by atoms with E-state index in [9.17, 15) is 36.0 Å². The van der Waals surface area contributed by atoms with Crippen molar-refractivity contribution in [1.82, 2.24) is 19.9 Å². The number of nitrogens with zero attached hydrogens (tertiary/aromatic N) is 2. The van der Waals surface area contributed by atoms with Gasteiger partial charge in [0.25, 0.3) is 20.2 Å². The molecule has 4 aromatic rings. The molecule has 0 unspecified atom stereocenters. The normalized spacial score (nSPS) is 9.85. The number of nitrogens with one attached hydrogen (secondary N) is 2. The molecule has 0 aromatic carbocycles. The maximum absolute atomic E-state index is 11.5. The van der Waals surface area contributed by atoms with Gasteiger partial charge in [-0.2, -0.15) is 16.8 Å². The molecule has 41 heavy (non-hydrogen) atoms. The lowest BCUT2D eigenvalue weighted by molar-refractivity contribution is 0.0684. The van der Waals surface area contributed by atoms with E-state index in [4.69, 9.17) is 19.3 Å². The fourth-order valence-corrected chi connectivity index (χ4v) is 2.43. The summed E-state index contributed by atoms with van der Waals surface area (Å²) in [4.78, 5) is 57.4. The van der Waals surface area contributed by atoms with Gasteiger partial charge in [-0.25, -0.2) is 19.6 Å². The van der Waals surface area contributed by atoms with Crippen LogP contribution in [0.1, 0.15) is 20.7 Å². The van der Waals surface area contributed by atoms with Crippen molar-refractivity contribution < 1.29 is 62.2 Å². The molecule has 0 aliphatic heterocycles. The van der Waals surface area contributed by atoms with Crippen molar-refractivity contribution in [2.45, 2.75) is 0 Å². The second kappa shape index (κ2) is 17.1. The third-order valence-corrected chi connectivity index (χ3v) is 3.76. The Labute approximate surface area is 229 Å². The molecule has 21 heteroatoms. The van der Waals surface area contributed by atoms with E-state index in [1.165, 1.54) is 24.5 Å². The fourth-order valence-electron chi connectivity index (χ4n) is 2.43. The van der Waals surface area contributed by atoms with Gasteiger partial charge in [0.15, 0.2) is 0 Å². The van der Waals surface area contributed by atoms with E-state index in [-0.39, 0.29) is 38.3 Å². The van der Waals surface area contributed by atoms with Crippen molar-refractivity contribution in [2.75, 3.05) is 12.5 Å². The Hall–Kier alpha value is -4.64. The third kappa shape index (κ3) is 14.9. The fraction of sp³-hybridized carbons (Fsp3) is 0.100. The van der Waals surface area contributed by atoms with Crippen LogP contribution in [0.4, 0.5) is 0 Å². The number of hydrogen-bond acceptors (Lipinski definition) is 10. The SMILES string of the molecule is CS(=O)(=O)O.CS(=O)(=O)O.O.O.O.O=C(O)c1c[nH]c2ncccc2c1=O.O=C(O)c1c[nH]c2ncccc2c1=O. The number of carboxylic acid groups (broad SMARTS) is 2. The van der Waals surface area contributed by atoms with Crippen LogP contribution in [0.5, 0.6) is 0 Å². The van der Waals surface area contributed by atoms with Crippen LogP contribution in [0.15, 0.2) is 58.6 Å². The van der Waals surface area contributed by atoms with Gasteiger partial charge in [-0.1, -0.05) is 0 Å². The third-order valence-electron chi connectivity index (χ3n) is 3.76. The van der Waals surface area contributed by atoms with Crippen molar-refractivity contribution in [3.05, 3.63) is 80.6 Å². The molecule has 0 amide bonds. The van der Waals surface area contributed by atoms with Gasteiger partial charge in [0.2, 0.25) is 10.9 Å². The molecule has 0 saturated carbocycles. The first-order valence-corrected chi connectivity index (χ1v) is 13.3. The molecule has 0 atom stereocenters. The molecular formula is C20H26N4O15S2. The highest BCUT2D eigenvalue weighted by Gasteiger charge is 2.11. The van der Waals surface area contributed by atoms with Crippen molar-refractivity contribution in [2.24, 2.45) is 0 Å². The molecule has 19 nitrogen and oxygen atoms in total. The van der Waals surface area contributed by atoms with Crippen LogP contribution in [-0.4, -0.2) is 97.0 Å². The summed E-state index contributed by atoms with van der Waals surface area (Å²) in [5.41, 5.74) is -0.792. The van der Waals surface area contributed by atoms with Crippen LogP contribution in [0.2, 0.25) is 0 Å². The number of carbonyl (C=O) groups is 2. The first-order chi connectivity index (χ1) is 17.4. The maximum Gasteiger partial charge on any atom is 0.341 e. The van der Waals surface area contributed by atoms with Crippen molar-refractivity contribution in [1.29, 1.82) is 0 Å². The first kappa shape index (κ1) is 40.9. The number of carboxylic acids is 2. The minimum atomic E-state index is -3.67. The highest BCUT2D eigenvalue weighted by atomic mass is 32.2. The molecule has 0 aliphatic rings. The maximum atomic E-state index is 11.5. The molecule has 4 rings (SSSR count). The number of pyridine rings is 4. The lowest BCUT2D eigenvalue weighted by Crippen LogP contribution is -2.15. The lowest BCUT2D eigenvalue weighted by Gasteiger charge is -1.97. The molecule has 4 heterocycles. The van der Waals surface area contributed by atoms with Crippen molar-refractivity contribution in [3.8, 4) is 0 Å². The molecule has 0 bridgehead atoms. The Bertz CT molecular complexity index is 1650. The highest BCUT2D eigenvalue weighted by Crippen LogP contribution is 2.04. The molecule has 0 spiro atoms. The summed E-state index contributed by atoms with van der Waals surface area (Å²) in [5, 5.41) is 17.9. The van der Waals surface area contributed by atoms with Gasteiger partial charge < -0.3 is 36.6 Å². The van der Waals surface area contributed by atoms with Gasteiger partial charge in [0.05, 0.1) is 23.3 Å². The highest BCUT2D eigenvalue weighted by molar-refractivity contribution is 7.85. The minimum Gasteiger partial charge on any atom is -0.477 e. The van der Waals surface area contributed by atoms with E-state index in [1.54, 1.807) is 12.1 Å². The van der Waals surface area contributed by atoms with Crippen molar-refractivity contribution in [3.63, 3.8) is 0 Å². The number of aromatic amines is 2. The zero-order chi connectivity index (χ0) is 29.3. The largest absolute Gasteiger partial charge is 0.477 e. The summed E-state index contributed by atoms with van der Waals surface area (Å²) in [5.74, 6) is -2.48. The van der Waals surface area contributed by atoms with Gasteiger partial charge in [-0.05, 0) is 24.3 Å². The topological polar surface area (TPSA) is 369 Å². The van der Waals surface area contributed by atoms with E-state index in [1.807, 2.05) is 0 Å². The number of aromatic carboxylic acids is 2. The average molecular weight is 627 g/mol. The summed E-state index contributed by atoms with van der Waals surface area (Å²) >= 11 is 0. The molecule has 0 aliphatic carbocycles. The number of fused-ring (bicyclic) bond motifs is 2. The van der Waals surface area contributed by atoms with Crippen LogP contribution in [0, 0.1) is 0 Å². The Morgan fingerprint density at radius 3 is 1.20 bits per heavy atom. The zero-order valence-corrected chi connectivity index (χ0v) is 22.5. The zero-order valence-electron chi connectivity index (χ0n) is 20.9.